The van der Waals surface area contributed by atoms with Gasteiger partial charge in [-0.1, -0.05) is 34.1 Å². The number of rotatable bonds is 2. The highest BCUT2D eigenvalue weighted by Gasteiger charge is 2.11. The van der Waals surface area contributed by atoms with Crippen molar-refractivity contribution in [2.45, 2.75) is 6.92 Å². The molecule has 0 aromatic heterocycles. The smallest absolute Gasteiger partial charge is 0.193 e. The molecular formula is C18H12BrFO. The van der Waals surface area contributed by atoms with Gasteiger partial charge in [0.25, 0.3) is 0 Å². The lowest BCUT2D eigenvalue weighted by atomic mass is 9.99. The van der Waals surface area contributed by atoms with Crippen molar-refractivity contribution >= 4 is 32.5 Å². The Labute approximate surface area is 130 Å². The van der Waals surface area contributed by atoms with Gasteiger partial charge in [0, 0.05) is 15.6 Å². The Bertz CT molecular complexity index is 855. The van der Waals surface area contributed by atoms with E-state index in [1.54, 1.807) is 19.1 Å². The lowest BCUT2D eigenvalue weighted by molar-refractivity contribution is 0.103. The van der Waals surface area contributed by atoms with Gasteiger partial charge in [-0.05, 0) is 59.7 Å². The molecule has 0 fully saturated rings. The topological polar surface area (TPSA) is 17.1 Å². The number of ketones is 1. The van der Waals surface area contributed by atoms with Gasteiger partial charge < -0.3 is 0 Å². The van der Waals surface area contributed by atoms with E-state index in [9.17, 15) is 9.18 Å². The van der Waals surface area contributed by atoms with E-state index < -0.39 is 0 Å². The Morgan fingerprint density at radius 1 is 0.905 bits per heavy atom. The van der Waals surface area contributed by atoms with Crippen LogP contribution in [0.1, 0.15) is 21.5 Å². The molecule has 0 saturated heterocycles. The molecule has 0 aliphatic rings. The summed E-state index contributed by atoms with van der Waals surface area (Å²) in [5, 5.41) is 2.07. The monoisotopic (exact) mass is 342 g/mol. The minimum Gasteiger partial charge on any atom is -0.289 e. The molecule has 0 heterocycles. The SMILES string of the molecule is Cc1cc(C(=O)c2ccc3cc(Br)ccc3c2)ccc1F. The van der Waals surface area contributed by atoms with Crippen LogP contribution in [-0.4, -0.2) is 5.78 Å². The highest BCUT2D eigenvalue weighted by Crippen LogP contribution is 2.22. The third-order valence-corrected chi connectivity index (χ3v) is 3.98. The van der Waals surface area contributed by atoms with Crippen LogP contribution in [0.25, 0.3) is 10.8 Å². The van der Waals surface area contributed by atoms with Crippen LogP contribution in [0.3, 0.4) is 0 Å². The van der Waals surface area contributed by atoms with Crippen molar-refractivity contribution < 1.29 is 9.18 Å². The molecule has 0 bridgehead atoms. The van der Waals surface area contributed by atoms with Crippen molar-refractivity contribution in [3.8, 4) is 0 Å². The molecule has 0 radical (unpaired) electrons. The first kappa shape index (κ1) is 14.0. The molecule has 3 aromatic rings. The van der Waals surface area contributed by atoms with Gasteiger partial charge >= 0.3 is 0 Å². The van der Waals surface area contributed by atoms with Crippen LogP contribution >= 0.6 is 15.9 Å². The Morgan fingerprint density at radius 3 is 2.29 bits per heavy atom. The molecule has 3 aromatic carbocycles. The second-order valence-corrected chi connectivity index (χ2v) is 5.92. The molecule has 0 unspecified atom stereocenters. The highest BCUT2D eigenvalue weighted by molar-refractivity contribution is 9.10. The van der Waals surface area contributed by atoms with Gasteiger partial charge in [0.2, 0.25) is 0 Å². The van der Waals surface area contributed by atoms with E-state index in [1.165, 1.54) is 12.1 Å². The van der Waals surface area contributed by atoms with Crippen LogP contribution in [0.15, 0.2) is 59.1 Å². The number of aryl methyl sites for hydroxylation is 1. The maximum absolute atomic E-state index is 13.3. The van der Waals surface area contributed by atoms with Crippen LogP contribution in [0.4, 0.5) is 4.39 Å². The molecule has 0 aliphatic carbocycles. The lowest BCUT2D eigenvalue weighted by Gasteiger charge is -2.05. The molecule has 0 N–H and O–H groups in total. The molecule has 0 atom stereocenters. The standard InChI is InChI=1S/C18H12BrFO/c1-11-8-14(5-7-17(11)20)18(21)15-3-2-13-10-16(19)6-4-12(13)9-15/h2-10H,1H3. The second kappa shape index (κ2) is 5.41. The number of carbonyl (C=O) groups is 1. The molecule has 3 rings (SSSR count). The highest BCUT2D eigenvalue weighted by atomic mass is 79.9. The van der Waals surface area contributed by atoms with E-state index in [1.807, 2.05) is 30.3 Å². The van der Waals surface area contributed by atoms with E-state index >= 15 is 0 Å². The third-order valence-electron chi connectivity index (χ3n) is 3.48. The summed E-state index contributed by atoms with van der Waals surface area (Å²) < 4.78 is 14.3. The van der Waals surface area contributed by atoms with E-state index in [4.69, 9.17) is 0 Å². The largest absolute Gasteiger partial charge is 0.289 e. The number of hydrogen-bond donors (Lipinski definition) is 0. The molecule has 21 heavy (non-hydrogen) atoms. The van der Waals surface area contributed by atoms with Crippen molar-refractivity contribution in [3.63, 3.8) is 0 Å². The van der Waals surface area contributed by atoms with E-state index in [0.717, 1.165) is 15.2 Å². The van der Waals surface area contributed by atoms with Gasteiger partial charge in [-0.2, -0.15) is 0 Å². The van der Waals surface area contributed by atoms with E-state index in [-0.39, 0.29) is 11.6 Å². The maximum atomic E-state index is 13.3. The summed E-state index contributed by atoms with van der Waals surface area (Å²) in [5.74, 6) is -0.391. The lowest BCUT2D eigenvalue weighted by Crippen LogP contribution is -2.02. The molecule has 1 nitrogen and oxygen atoms in total. The van der Waals surface area contributed by atoms with Crippen molar-refractivity contribution in [3.05, 3.63) is 81.6 Å². The summed E-state index contributed by atoms with van der Waals surface area (Å²) >= 11 is 3.43. The molecule has 0 aliphatic heterocycles. The minimum atomic E-state index is -0.296. The molecule has 0 amide bonds. The number of benzene rings is 3. The van der Waals surface area contributed by atoms with Gasteiger partial charge in [-0.3, -0.25) is 4.79 Å². The van der Waals surface area contributed by atoms with Gasteiger partial charge in [0.15, 0.2) is 5.78 Å². The van der Waals surface area contributed by atoms with Gasteiger partial charge in [-0.15, -0.1) is 0 Å². The Balaban J connectivity index is 2.04. The normalized spacial score (nSPS) is 10.8. The fraction of sp³-hybridized carbons (Fsp3) is 0.0556. The Morgan fingerprint density at radius 2 is 1.52 bits per heavy atom. The van der Waals surface area contributed by atoms with Crippen molar-refractivity contribution in [2.75, 3.05) is 0 Å². The van der Waals surface area contributed by atoms with Gasteiger partial charge in [0.1, 0.15) is 5.82 Å². The summed E-state index contributed by atoms with van der Waals surface area (Å²) in [6, 6.07) is 15.9. The fourth-order valence-corrected chi connectivity index (χ4v) is 2.69. The minimum absolute atomic E-state index is 0.0945. The summed E-state index contributed by atoms with van der Waals surface area (Å²) in [4.78, 5) is 12.5. The van der Waals surface area contributed by atoms with Crippen LogP contribution in [0.2, 0.25) is 0 Å². The third kappa shape index (κ3) is 2.74. The van der Waals surface area contributed by atoms with Crippen molar-refractivity contribution in [1.29, 1.82) is 0 Å². The summed E-state index contributed by atoms with van der Waals surface area (Å²) in [6.45, 7) is 1.66. The fourth-order valence-electron chi connectivity index (χ4n) is 2.31. The van der Waals surface area contributed by atoms with Gasteiger partial charge in [0.05, 0.1) is 0 Å². The number of hydrogen-bond acceptors (Lipinski definition) is 1. The predicted octanol–water partition coefficient (Wildman–Crippen LogP) is 5.28. The second-order valence-electron chi connectivity index (χ2n) is 5.00. The Hall–Kier alpha value is -2.00. The van der Waals surface area contributed by atoms with Gasteiger partial charge in [-0.25, -0.2) is 4.39 Å². The van der Waals surface area contributed by atoms with Crippen LogP contribution in [-0.2, 0) is 0 Å². The quantitative estimate of drug-likeness (QED) is 0.579. The molecule has 0 spiro atoms. The van der Waals surface area contributed by atoms with Crippen LogP contribution in [0, 0.1) is 12.7 Å². The number of fused-ring (bicyclic) bond motifs is 1. The molecule has 104 valence electrons. The Kier molecular flexibility index (Phi) is 3.60. The zero-order valence-electron chi connectivity index (χ0n) is 11.4. The zero-order valence-corrected chi connectivity index (χ0v) is 12.9. The average molecular weight is 343 g/mol. The zero-order chi connectivity index (χ0) is 15.0. The van der Waals surface area contributed by atoms with E-state index in [2.05, 4.69) is 15.9 Å². The average Bonchev–Trinajstić information content (AvgIpc) is 2.49. The van der Waals surface area contributed by atoms with Crippen LogP contribution < -0.4 is 0 Å². The summed E-state index contributed by atoms with van der Waals surface area (Å²) in [7, 11) is 0. The van der Waals surface area contributed by atoms with E-state index in [0.29, 0.717) is 16.7 Å². The summed E-state index contributed by atoms with van der Waals surface area (Å²) in [5.41, 5.74) is 1.59. The van der Waals surface area contributed by atoms with Crippen molar-refractivity contribution in [2.24, 2.45) is 0 Å². The first-order chi connectivity index (χ1) is 10.0. The van der Waals surface area contributed by atoms with Crippen LogP contribution in [0.5, 0.6) is 0 Å². The predicted molar refractivity (Wildman–Crippen MR) is 86.2 cm³/mol. The molecule has 3 heteroatoms. The first-order valence-corrected chi connectivity index (χ1v) is 7.34. The molecular weight excluding hydrogens is 331 g/mol. The maximum Gasteiger partial charge on any atom is 0.193 e. The van der Waals surface area contributed by atoms with Crippen molar-refractivity contribution in [1.82, 2.24) is 0 Å². The number of halogens is 2. The first-order valence-electron chi connectivity index (χ1n) is 6.55. The number of carbonyl (C=O) groups excluding carboxylic acids is 1. The summed E-state index contributed by atoms with van der Waals surface area (Å²) in [6.07, 6.45) is 0. The molecule has 0 saturated carbocycles.